The minimum atomic E-state index is -0.315. The van der Waals surface area contributed by atoms with E-state index in [1.165, 1.54) is 4.90 Å². The molecular weight excluding hydrogens is 170 g/mol. The second-order valence-electron chi connectivity index (χ2n) is 3.33. The van der Waals surface area contributed by atoms with Gasteiger partial charge in [-0.2, -0.15) is 0 Å². The fourth-order valence-electron chi connectivity index (χ4n) is 0.754. The van der Waals surface area contributed by atoms with Gasteiger partial charge in [-0.05, 0) is 13.8 Å². The highest BCUT2D eigenvalue weighted by atomic mass is 16.5. The van der Waals surface area contributed by atoms with Gasteiger partial charge in [-0.25, -0.2) is 0 Å². The third-order valence-electron chi connectivity index (χ3n) is 1.41. The van der Waals surface area contributed by atoms with Crippen LogP contribution in [0.5, 0.6) is 0 Å². The van der Waals surface area contributed by atoms with E-state index in [9.17, 15) is 9.59 Å². The number of carbonyl (C=O) groups excluding carboxylic acids is 2. The Labute approximate surface area is 78.9 Å². The Morgan fingerprint density at radius 2 is 1.77 bits per heavy atom. The van der Waals surface area contributed by atoms with Crippen LogP contribution < -0.4 is 0 Å². The number of ether oxygens (including phenoxy) is 1. The van der Waals surface area contributed by atoms with Gasteiger partial charge in [0.1, 0.15) is 0 Å². The van der Waals surface area contributed by atoms with Crippen LogP contribution in [0.25, 0.3) is 0 Å². The molecule has 0 aliphatic carbocycles. The Balaban J connectivity index is 3.64. The summed E-state index contributed by atoms with van der Waals surface area (Å²) in [5, 5.41) is 0. The van der Waals surface area contributed by atoms with Crippen LogP contribution >= 0.6 is 0 Å². The molecule has 0 aromatic carbocycles. The van der Waals surface area contributed by atoms with Crippen molar-refractivity contribution in [3.8, 4) is 0 Å². The van der Waals surface area contributed by atoms with Gasteiger partial charge in [0.05, 0.1) is 12.5 Å². The highest BCUT2D eigenvalue weighted by molar-refractivity contribution is 5.81. The second-order valence-corrected chi connectivity index (χ2v) is 3.33. The molecule has 0 spiro atoms. The highest BCUT2D eigenvalue weighted by Crippen LogP contribution is 1.98. The largest absolute Gasteiger partial charge is 0.463 e. The second kappa shape index (κ2) is 5.56. The van der Waals surface area contributed by atoms with Crippen molar-refractivity contribution in [3.63, 3.8) is 0 Å². The summed E-state index contributed by atoms with van der Waals surface area (Å²) in [6, 6.07) is 0. The molecule has 0 radical (unpaired) electrons. The third kappa shape index (κ3) is 6.13. The fourth-order valence-corrected chi connectivity index (χ4v) is 0.754. The first-order valence-electron chi connectivity index (χ1n) is 4.33. The van der Waals surface area contributed by atoms with E-state index in [2.05, 4.69) is 0 Å². The topological polar surface area (TPSA) is 46.6 Å². The molecule has 4 nitrogen and oxygen atoms in total. The Hall–Kier alpha value is -1.06. The first-order chi connectivity index (χ1) is 5.93. The standard InChI is InChI=1S/C9H17NO3/c1-7(2)13-9(12)6-5-8(11)10(3)4/h7H,5-6H2,1-4H3. The zero-order chi connectivity index (χ0) is 10.4. The lowest BCUT2D eigenvalue weighted by atomic mass is 10.3. The van der Waals surface area contributed by atoms with Crippen molar-refractivity contribution in [2.24, 2.45) is 0 Å². The summed E-state index contributed by atoms with van der Waals surface area (Å²) in [7, 11) is 3.33. The van der Waals surface area contributed by atoms with Gasteiger partial charge in [-0.3, -0.25) is 9.59 Å². The average molecular weight is 187 g/mol. The van der Waals surface area contributed by atoms with Crippen LogP contribution in [0.1, 0.15) is 26.7 Å². The lowest BCUT2D eigenvalue weighted by Gasteiger charge is -2.10. The molecule has 0 fully saturated rings. The van der Waals surface area contributed by atoms with Crippen LogP contribution in [-0.2, 0) is 14.3 Å². The molecule has 0 saturated carbocycles. The van der Waals surface area contributed by atoms with Crippen LogP contribution in [0.4, 0.5) is 0 Å². The highest BCUT2D eigenvalue weighted by Gasteiger charge is 2.10. The predicted octanol–water partition coefficient (Wildman–Crippen LogP) is 0.806. The number of esters is 1. The predicted molar refractivity (Wildman–Crippen MR) is 49.2 cm³/mol. The maximum Gasteiger partial charge on any atom is 0.306 e. The van der Waals surface area contributed by atoms with Gasteiger partial charge >= 0.3 is 5.97 Å². The van der Waals surface area contributed by atoms with E-state index in [1.807, 2.05) is 0 Å². The number of carbonyl (C=O) groups is 2. The summed E-state index contributed by atoms with van der Waals surface area (Å²) in [5.74, 6) is -0.370. The van der Waals surface area contributed by atoms with Crippen LogP contribution in [0.3, 0.4) is 0 Å². The Kier molecular flexibility index (Phi) is 5.11. The molecule has 76 valence electrons. The molecule has 0 aliphatic heterocycles. The molecule has 0 unspecified atom stereocenters. The van der Waals surface area contributed by atoms with Gasteiger partial charge in [0.25, 0.3) is 0 Å². The normalized spacial score (nSPS) is 9.92. The fraction of sp³-hybridized carbons (Fsp3) is 0.778. The molecule has 0 saturated heterocycles. The molecular formula is C9H17NO3. The van der Waals surface area contributed by atoms with Crippen molar-refractivity contribution in [3.05, 3.63) is 0 Å². The van der Waals surface area contributed by atoms with E-state index < -0.39 is 0 Å². The number of nitrogens with zero attached hydrogens (tertiary/aromatic N) is 1. The Morgan fingerprint density at radius 3 is 2.15 bits per heavy atom. The number of hydrogen-bond donors (Lipinski definition) is 0. The van der Waals surface area contributed by atoms with Crippen molar-refractivity contribution in [2.45, 2.75) is 32.8 Å². The Bertz CT molecular complexity index is 187. The quantitative estimate of drug-likeness (QED) is 0.612. The van der Waals surface area contributed by atoms with E-state index in [-0.39, 0.29) is 30.8 Å². The summed E-state index contributed by atoms with van der Waals surface area (Å²) < 4.78 is 4.87. The summed E-state index contributed by atoms with van der Waals surface area (Å²) in [4.78, 5) is 23.5. The summed E-state index contributed by atoms with van der Waals surface area (Å²) in [5.41, 5.74) is 0. The zero-order valence-corrected chi connectivity index (χ0v) is 8.66. The van der Waals surface area contributed by atoms with E-state index >= 15 is 0 Å². The van der Waals surface area contributed by atoms with Crippen molar-refractivity contribution in [2.75, 3.05) is 14.1 Å². The van der Waals surface area contributed by atoms with Crippen LogP contribution in [0, 0.1) is 0 Å². The molecule has 0 atom stereocenters. The third-order valence-corrected chi connectivity index (χ3v) is 1.41. The van der Waals surface area contributed by atoms with Crippen molar-refractivity contribution in [1.82, 2.24) is 4.90 Å². The molecule has 0 aromatic heterocycles. The summed E-state index contributed by atoms with van der Waals surface area (Å²) in [6.07, 6.45) is 0.273. The van der Waals surface area contributed by atoms with Crippen LogP contribution in [0.15, 0.2) is 0 Å². The molecule has 1 amide bonds. The van der Waals surface area contributed by atoms with Crippen molar-refractivity contribution in [1.29, 1.82) is 0 Å². The zero-order valence-electron chi connectivity index (χ0n) is 8.66. The van der Waals surface area contributed by atoms with E-state index in [0.717, 1.165) is 0 Å². The summed E-state index contributed by atoms with van der Waals surface area (Å²) in [6.45, 7) is 3.57. The van der Waals surface area contributed by atoms with Gasteiger partial charge in [0, 0.05) is 20.5 Å². The van der Waals surface area contributed by atoms with E-state index in [0.29, 0.717) is 0 Å². The number of amides is 1. The van der Waals surface area contributed by atoms with Gasteiger partial charge in [-0.15, -0.1) is 0 Å². The van der Waals surface area contributed by atoms with Crippen molar-refractivity contribution >= 4 is 11.9 Å². The SMILES string of the molecule is CC(C)OC(=O)CCC(=O)N(C)C. The molecule has 0 aliphatic rings. The van der Waals surface area contributed by atoms with Crippen LogP contribution in [-0.4, -0.2) is 37.0 Å². The van der Waals surface area contributed by atoms with E-state index in [4.69, 9.17) is 4.74 Å². The molecule has 0 heterocycles. The van der Waals surface area contributed by atoms with E-state index in [1.54, 1.807) is 27.9 Å². The molecule has 0 bridgehead atoms. The molecule has 0 aromatic rings. The van der Waals surface area contributed by atoms with Gasteiger partial charge in [0.2, 0.25) is 5.91 Å². The Morgan fingerprint density at radius 1 is 1.23 bits per heavy atom. The molecule has 13 heavy (non-hydrogen) atoms. The van der Waals surface area contributed by atoms with Gasteiger partial charge in [-0.1, -0.05) is 0 Å². The number of rotatable bonds is 4. The van der Waals surface area contributed by atoms with Crippen molar-refractivity contribution < 1.29 is 14.3 Å². The first kappa shape index (κ1) is 11.9. The van der Waals surface area contributed by atoms with Gasteiger partial charge < -0.3 is 9.64 Å². The lowest BCUT2D eigenvalue weighted by molar-refractivity contribution is -0.149. The van der Waals surface area contributed by atoms with Gasteiger partial charge in [0.15, 0.2) is 0 Å². The molecule has 0 rings (SSSR count). The molecule has 4 heteroatoms. The monoisotopic (exact) mass is 187 g/mol. The maximum atomic E-state index is 11.1. The number of hydrogen-bond acceptors (Lipinski definition) is 3. The van der Waals surface area contributed by atoms with Crippen LogP contribution in [0.2, 0.25) is 0 Å². The minimum absolute atomic E-state index is 0.0549. The average Bonchev–Trinajstić information content (AvgIpc) is 1.98. The first-order valence-corrected chi connectivity index (χ1v) is 4.33. The molecule has 0 N–H and O–H groups in total. The maximum absolute atomic E-state index is 11.1. The smallest absolute Gasteiger partial charge is 0.306 e. The summed E-state index contributed by atoms with van der Waals surface area (Å²) >= 11 is 0. The minimum Gasteiger partial charge on any atom is -0.463 e. The lowest BCUT2D eigenvalue weighted by Crippen LogP contribution is -2.23.